The highest BCUT2D eigenvalue weighted by molar-refractivity contribution is 5.76. The molecule has 0 unspecified atom stereocenters. The topological polar surface area (TPSA) is 46.3 Å². The van der Waals surface area contributed by atoms with Crippen LogP contribution in [0.2, 0.25) is 0 Å². The lowest BCUT2D eigenvalue weighted by Gasteiger charge is -2.24. The molecule has 0 amide bonds. The third-order valence-corrected chi connectivity index (χ3v) is 4.70. The van der Waals surface area contributed by atoms with E-state index in [1.807, 2.05) is 53.4 Å². The molecule has 4 rings (SSSR count). The Hall–Kier alpha value is -3.05. The Labute approximate surface area is 153 Å². The number of benzene rings is 1. The first-order valence-corrected chi connectivity index (χ1v) is 8.71. The van der Waals surface area contributed by atoms with Gasteiger partial charge in [-0.25, -0.2) is 9.50 Å². The number of aromatic nitrogens is 4. The normalized spacial score (nSPS) is 12.6. The van der Waals surface area contributed by atoms with Gasteiger partial charge in [-0.05, 0) is 31.7 Å². The van der Waals surface area contributed by atoms with Gasteiger partial charge >= 0.3 is 0 Å². The predicted octanol–water partition coefficient (Wildman–Crippen LogP) is 3.98. The minimum Gasteiger partial charge on any atom is -0.294 e. The van der Waals surface area contributed by atoms with E-state index in [0.29, 0.717) is 0 Å². The van der Waals surface area contributed by atoms with E-state index < -0.39 is 0 Å². The van der Waals surface area contributed by atoms with Crippen LogP contribution in [0.3, 0.4) is 0 Å². The number of pyridine rings is 1. The van der Waals surface area contributed by atoms with Crippen molar-refractivity contribution in [2.45, 2.75) is 19.5 Å². The van der Waals surface area contributed by atoms with E-state index in [9.17, 15) is 0 Å². The number of nitrogens with zero attached hydrogens (tertiary/aromatic N) is 5. The Kier molecular flexibility index (Phi) is 4.46. The summed E-state index contributed by atoms with van der Waals surface area (Å²) in [4.78, 5) is 11.4. The molecule has 0 fully saturated rings. The second kappa shape index (κ2) is 7.06. The summed E-state index contributed by atoms with van der Waals surface area (Å²) >= 11 is 0. The van der Waals surface area contributed by atoms with Crippen LogP contribution in [-0.4, -0.2) is 31.5 Å². The molecule has 26 heavy (non-hydrogen) atoms. The minimum atomic E-state index is 0.226. The summed E-state index contributed by atoms with van der Waals surface area (Å²) < 4.78 is 1.86. The molecule has 0 saturated heterocycles. The molecule has 4 aromatic rings. The van der Waals surface area contributed by atoms with E-state index in [-0.39, 0.29) is 6.04 Å². The molecule has 0 aliphatic carbocycles. The maximum atomic E-state index is 4.66. The summed E-state index contributed by atoms with van der Waals surface area (Å²) in [6.45, 7) is 2.94. The molecule has 0 saturated carbocycles. The van der Waals surface area contributed by atoms with E-state index >= 15 is 0 Å². The van der Waals surface area contributed by atoms with Crippen molar-refractivity contribution in [2.24, 2.45) is 0 Å². The van der Waals surface area contributed by atoms with E-state index in [0.717, 1.165) is 34.6 Å². The molecule has 1 aromatic carbocycles. The zero-order chi connectivity index (χ0) is 17.9. The molecule has 0 N–H and O–H groups in total. The SMILES string of the molecule is C[C@H](c1ccccn1)N(C)Cc1cnc2c(-c3ccccc3)cnn2c1. The molecule has 5 heteroatoms. The average molecular weight is 343 g/mol. The molecule has 0 bridgehead atoms. The van der Waals surface area contributed by atoms with Gasteiger partial charge in [-0.15, -0.1) is 0 Å². The van der Waals surface area contributed by atoms with Crippen molar-refractivity contribution in [3.8, 4) is 11.1 Å². The molecule has 5 nitrogen and oxygen atoms in total. The minimum absolute atomic E-state index is 0.226. The fraction of sp³-hybridized carbons (Fsp3) is 0.190. The monoisotopic (exact) mass is 343 g/mol. The largest absolute Gasteiger partial charge is 0.294 e. The van der Waals surface area contributed by atoms with Gasteiger partial charge < -0.3 is 0 Å². The van der Waals surface area contributed by atoms with Crippen LogP contribution in [0.25, 0.3) is 16.8 Å². The van der Waals surface area contributed by atoms with Gasteiger partial charge in [0.25, 0.3) is 0 Å². The molecule has 0 aliphatic heterocycles. The van der Waals surface area contributed by atoms with Gasteiger partial charge in [0, 0.05) is 42.3 Å². The molecule has 0 aliphatic rings. The second-order valence-corrected chi connectivity index (χ2v) is 6.50. The standard InChI is InChI=1S/C21H21N5/c1-16(20-10-6-7-11-22-20)25(2)14-17-12-23-21-19(13-24-26(21)15-17)18-8-4-3-5-9-18/h3-13,15-16H,14H2,1-2H3/t16-/m1/s1. The van der Waals surface area contributed by atoms with Crippen molar-refractivity contribution in [3.63, 3.8) is 0 Å². The highest BCUT2D eigenvalue weighted by Gasteiger charge is 2.14. The Bertz CT molecular complexity index is 995. The summed E-state index contributed by atoms with van der Waals surface area (Å²) in [5.41, 5.74) is 5.23. The van der Waals surface area contributed by atoms with E-state index in [1.54, 1.807) is 0 Å². The Morgan fingerprint density at radius 1 is 1.00 bits per heavy atom. The van der Waals surface area contributed by atoms with E-state index in [2.05, 4.69) is 58.3 Å². The average Bonchev–Trinajstić information content (AvgIpc) is 3.12. The van der Waals surface area contributed by atoms with Crippen LogP contribution < -0.4 is 0 Å². The number of fused-ring (bicyclic) bond motifs is 1. The second-order valence-electron chi connectivity index (χ2n) is 6.50. The van der Waals surface area contributed by atoms with Gasteiger partial charge in [0.1, 0.15) is 0 Å². The quantitative estimate of drug-likeness (QED) is 0.550. The van der Waals surface area contributed by atoms with E-state index in [1.165, 1.54) is 0 Å². The zero-order valence-corrected chi connectivity index (χ0v) is 14.9. The van der Waals surface area contributed by atoms with Gasteiger partial charge in [0.2, 0.25) is 0 Å². The third kappa shape index (κ3) is 3.21. The van der Waals surface area contributed by atoms with Crippen molar-refractivity contribution in [2.75, 3.05) is 7.05 Å². The van der Waals surface area contributed by atoms with Crippen LogP contribution in [0.15, 0.2) is 73.3 Å². The lowest BCUT2D eigenvalue weighted by atomic mass is 10.1. The summed E-state index contributed by atoms with van der Waals surface area (Å²) in [5.74, 6) is 0. The fourth-order valence-corrected chi connectivity index (χ4v) is 3.09. The molecule has 0 spiro atoms. The van der Waals surface area contributed by atoms with Crippen molar-refractivity contribution in [1.29, 1.82) is 0 Å². The van der Waals surface area contributed by atoms with Crippen molar-refractivity contribution in [1.82, 2.24) is 24.5 Å². The smallest absolute Gasteiger partial charge is 0.162 e. The summed E-state index contributed by atoms with van der Waals surface area (Å²) in [7, 11) is 2.10. The van der Waals surface area contributed by atoms with Gasteiger partial charge in [-0.1, -0.05) is 36.4 Å². The third-order valence-electron chi connectivity index (χ3n) is 4.70. The molecular weight excluding hydrogens is 322 g/mol. The Morgan fingerprint density at radius 3 is 2.58 bits per heavy atom. The predicted molar refractivity (Wildman–Crippen MR) is 103 cm³/mol. The molecule has 0 radical (unpaired) electrons. The summed E-state index contributed by atoms with van der Waals surface area (Å²) in [6, 6.07) is 16.5. The van der Waals surface area contributed by atoms with Gasteiger partial charge in [0.05, 0.1) is 11.9 Å². The highest BCUT2D eigenvalue weighted by Crippen LogP contribution is 2.23. The van der Waals surface area contributed by atoms with Crippen molar-refractivity contribution < 1.29 is 0 Å². The summed E-state index contributed by atoms with van der Waals surface area (Å²) in [5, 5.41) is 4.49. The van der Waals surface area contributed by atoms with Gasteiger partial charge in [0.15, 0.2) is 5.65 Å². The molecular formula is C21H21N5. The molecule has 3 heterocycles. The van der Waals surface area contributed by atoms with Gasteiger partial charge in [-0.3, -0.25) is 9.88 Å². The lowest BCUT2D eigenvalue weighted by molar-refractivity contribution is 0.248. The van der Waals surface area contributed by atoms with Crippen LogP contribution in [0.5, 0.6) is 0 Å². The van der Waals surface area contributed by atoms with Crippen LogP contribution in [0, 0.1) is 0 Å². The van der Waals surface area contributed by atoms with Crippen LogP contribution in [0.4, 0.5) is 0 Å². The van der Waals surface area contributed by atoms with Crippen LogP contribution in [-0.2, 0) is 6.54 Å². The first-order valence-electron chi connectivity index (χ1n) is 8.71. The number of hydrogen-bond acceptors (Lipinski definition) is 4. The number of hydrogen-bond donors (Lipinski definition) is 0. The molecule has 130 valence electrons. The van der Waals surface area contributed by atoms with E-state index in [4.69, 9.17) is 0 Å². The van der Waals surface area contributed by atoms with Crippen molar-refractivity contribution >= 4 is 5.65 Å². The fourth-order valence-electron chi connectivity index (χ4n) is 3.09. The van der Waals surface area contributed by atoms with Crippen LogP contribution >= 0.6 is 0 Å². The Balaban J connectivity index is 1.57. The maximum Gasteiger partial charge on any atom is 0.162 e. The van der Waals surface area contributed by atoms with Crippen molar-refractivity contribution in [3.05, 3.63) is 84.6 Å². The first-order chi connectivity index (χ1) is 12.7. The highest BCUT2D eigenvalue weighted by atomic mass is 15.2. The lowest BCUT2D eigenvalue weighted by Crippen LogP contribution is -2.23. The van der Waals surface area contributed by atoms with Gasteiger partial charge in [-0.2, -0.15) is 5.10 Å². The summed E-state index contributed by atoms with van der Waals surface area (Å²) in [6.07, 6.45) is 7.70. The molecule has 3 aromatic heterocycles. The Morgan fingerprint density at radius 2 is 1.81 bits per heavy atom. The number of rotatable bonds is 5. The first kappa shape index (κ1) is 16.4. The zero-order valence-electron chi connectivity index (χ0n) is 14.9. The maximum absolute atomic E-state index is 4.66. The van der Waals surface area contributed by atoms with Crippen LogP contribution in [0.1, 0.15) is 24.2 Å². The molecule has 1 atom stereocenters.